The number of hydrogen-bond donors (Lipinski definition) is 1. The summed E-state index contributed by atoms with van der Waals surface area (Å²) in [6.07, 6.45) is 0. The fraction of sp³-hybridized carbons (Fsp3) is 0. The first-order valence-electron chi connectivity index (χ1n) is 5.59. The van der Waals surface area contributed by atoms with E-state index in [1.165, 1.54) is 0 Å². The normalized spacial score (nSPS) is 11.1. The van der Waals surface area contributed by atoms with Crippen LogP contribution in [0, 0.1) is 11.6 Å². The molecule has 0 atom stereocenters. The van der Waals surface area contributed by atoms with Crippen molar-refractivity contribution in [2.75, 3.05) is 4.72 Å². The van der Waals surface area contributed by atoms with Crippen molar-refractivity contribution in [3.63, 3.8) is 0 Å². The Morgan fingerprint density at radius 3 is 2.14 bits per heavy atom. The number of nitrogens with one attached hydrogen (secondary N) is 1. The molecule has 2 rings (SSSR count). The smallest absolute Gasteiger partial charge is 0.261 e. The van der Waals surface area contributed by atoms with E-state index in [0.717, 1.165) is 36.4 Å². The molecule has 21 heavy (non-hydrogen) atoms. The summed E-state index contributed by atoms with van der Waals surface area (Å²) >= 11 is 0. The van der Waals surface area contributed by atoms with E-state index in [9.17, 15) is 27.1 Å². The molecule has 0 bridgehead atoms. The number of benzene rings is 2. The summed E-state index contributed by atoms with van der Waals surface area (Å²) in [5.74, 6) is -3.73. The molecule has 5 nitrogen and oxygen atoms in total. The fourth-order valence-corrected chi connectivity index (χ4v) is 2.59. The molecule has 0 saturated heterocycles. The Morgan fingerprint density at radius 1 is 1.00 bits per heavy atom. The Balaban J connectivity index is 2.29. The second kappa shape index (κ2) is 5.49. The summed E-state index contributed by atoms with van der Waals surface area (Å²) in [6, 6.07) is 6.80. The molecule has 0 aliphatic carbocycles. The number of carboxylic acid groups (broad SMARTS) is 1. The van der Waals surface area contributed by atoms with Crippen LogP contribution in [0.1, 0.15) is 10.4 Å². The number of carbonyl (C=O) groups is 1. The molecule has 0 saturated carbocycles. The van der Waals surface area contributed by atoms with Crippen LogP contribution in [0.25, 0.3) is 0 Å². The molecule has 0 radical (unpaired) electrons. The third-order valence-electron chi connectivity index (χ3n) is 2.57. The predicted octanol–water partition coefficient (Wildman–Crippen LogP) is 1.13. The third-order valence-corrected chi connectivity index (χ3v) is 3.97. The van der Waals surface area contributed by atoms with Gasteiger partial charge in [-0.3, -0.25) is 4.72 Å². The number of anilines is 1. The Labute approximate surface area is 118 Å². The molecular weight excluding hydrogens is 304 g/mol. The van der Waals surface area contributed by atoms with E-state index in [-0.39, 0.29) is 16.1 Å². The van der Waals surface area contributed by atoms with E-state index >= 15 is 0 Å². The quantitative estimate of drug-likeness (QED) is 0.917. The molecule has 2 aromatic rings. The van der Waals surface area contributed by atoms with Gasteiger partial charge < -0.3 is 9.90 Å². The number of halogens is 2. The molecule has 8 heteroatoms. The minimum absolute atomic E-state index is 0.155. The summed E-state index contributed by atoms with van der Waals surface area (Å²) in [7, 11) is -4.04. The maximum Gasteiger partial charge on any atom is 0.261 e. The topological polar surface area (TPSA) is 86.3 Å². The molecule has 0 amide bonds. The SMILES string of the molecule is O=C([O-])c1ccc(S(=O)(=O)Nc2ccc(F)c(F)c2)cc1. The summed E-state index contributed by atoms with van der Waals surface area (Å²) in [4.78, 5) is 10.3. The maximum atomic E-state index is 13.0. The minimum Gasteiger partial charge on any atom is -0.545 e. The van der Waals surface area contributed by atoms with Gasteiger partial charge in [0.1, 0.15) is 0 Å². The van der Waals surface area contributed by atoms with Crippen molar-refractivity contribution < 1.29 is 27.1 Å². The molecule has 0 heterocycles. The first-order valence-corrected chi connectivity index (χ1v) is 7.07. The van der Waals surface area contributed by atoms with E-state index < -0.39 is 27.6 Å². The number of sulfonamides is 1. The van der Waals surface area contributed by atoms with Crippen LogP contribution in [-0.2, 0) is 10.0 Å². The van der Waals surface area contributed by atoms with Crippen molar-refractivity contribution >= 4 is 21.7 Å². The zero-order valence-electron chi connectivity index (χ0n) is 10.3. The molecule has 1 N–H and O–H groups in total. The lowest BCUT2D eigenvalue weighted by molar-refractivity contribution is -0.255. The zero-order valence-corrected chi connectivity index (χ0v) is 11.2. The van der Waals surface area contributed by atoms with E-state index in [0.29, 0.717) is 6.07 Å². The lowest BCUT2D eigenvalue weighted by Crippen LogP contribution is -2.22. The summed E-state index contributed by atoms with van der Waals surface area (Å²) < 4.78 is 51.8. The van der Waals surface area contributed by atoms with Gasteiger partial charge in [-0.15, -0.1) is 0 Å². The minimum atomic E-state index is -4.04. The lowest BCUT2D eigenvalue weighted by atomic mass is 10.2. The highest BCUT2D eigenvalue weighted by Crippen LogP contribution is 2.18. The molecule has 0 spiro atoms. The lowest BCUT2D eigenvalue weighted by Gasteiger charge is -2.09. The highest BCUT2D eigenvalue weighted by Gasteiger charge is 2.15. The predicted molar refractivity (Wildman–Crippen MR) is 67.9 cm³/mol. The Hall–Kier alpha value is -2.48. The van der Waals surface area contributed by atoms with Crippen LogP contribution in [-0.4, -0.2) is 14.4 Å². The average molecular weight is 312 g/mol. The zero-order chi connectivity index (χ0) is 15.6. The Bertz CT molecular complexity index is 788. The average Bonchev–Trinajstić information content (AvgIpc) is 2.43. The van der Waals surface area contributed by atoms with Crippen molar-refractivity contribution in [1.29, 1.82) is 0 Å². The maximum absolute atomic E-state index is 13.0. The van der Waals surface area contributed by atoms with Crippen molar-refractivity contribution in [3.05, 3.63) is 59.7 Å². The van der Waals surface area contributed by atoms with Crippen LogP contribution in [0.3, 0.4) is 0 Å². The summed E-state index contributed by atoms with van der Waals surface area (Å²) in [6.45, 7) is 0. The number of carboxylic acids is 1. The Morgan fingerprint density at radius 2 is 1.62 bits per heavy atom. The van der Waals surface area contributed by atoms with Gasteiger partial charge in [-0.05, 0) is 29.8 Å². The van der Waals surface area contributed by atoms with Crippen molar-refractivity contribution in [2.45, 2.75) is 4.90 Å². The standard InChI is InChI=1S/C13H9F2NO4S/c14-11-6-3-9(7-12(11)15)16-21(19,20)10-4-1-8(2-5-10)13(17)18/h1-7,16H,(H,17,18)/p-1. The first-order chi connectivity index (χ1) is 9.79. The van der Waals surface area contributed by atoms with Crippen LogP contribution in [0.15, 0.2) is 47.4 Å². The number of hydrogen-bond acceptors (Lipinski definition) is 4. The van der Waals surface area contributed by atoms with E-state index in [4.69, 9.17) is 0 Å². The molecule has 2 aromatic carbocycles. The number of carbonyl (C=O) groups excluding carboxylic acids is 1. The Kier molecular flexibility index (Phi) is 3.90. The highest BCUT2D eigenvalue weighted by atomic mass is 32.2. The summed E-state index contributed by atoms with van der Waals surface area (Å²) in [5, 5.41) is 10.6. The van der Waals surface area contributed by atoms with Gasteiger partial charge in [0.05, 0.1) is 16.6 Å². The summed E-state index contributed by atoms with van der Waals surface area (Å²) in [5.41, 5.74) is -0.334. The van der Waals surface area contributed by atoms with Crippen molar-refractivity contribution in [2.24, 2.45) is 0 Å². The second-order valence-electron chi connectivity index (χ2n) is 4.05. The van der Waals surface area contributed by atoms with Crippen LogP contribution < -0.4 is 9.83 Å². The molecule has 110 valence electrons. The molecule has 0 aromatic heterocycles. The fourth-order valence-electron chi connectivity index (χ4n) is 1.54. The molecule has 0 aliphatic rings. The third kappa shape index (κ3) is 3.34. The van der Waals surface area contributed by atoms with Crippen molar-refractivity contribution in [1.82, 2.24) is 0 Å². The van der Waals surface area contributed by atoms with Crippen LogP contribution in [0.2, 0.25) is 0 Å². The molecule has 0 fully saturated rings. The molecular formula is C13H8F2NO4S-. The van der Waals surface area contributed by atoms with Gasteiger partial charge in [-0.25, -0.2) is 17.2 Å². The molecule has 0 aliphatic heterocycles. The molecule has 0 unspecified atom stereocenters. The van der Waals surface area contributed by atoms with Crippen LogP contribution >= 0.6 is 0 Å². The van der Waals surface area contributed by atoms with E-state index in [1.54, 1.807) is 0 Å². The van der Waals surface area contributed by atoms with Gasteiger partial charge in [0, 0.05) is 6.07 Å². The van der Waals surface area contributed by atoms with Gasteiger partial charge in [-0.1, -0.05) is 12.1 Å². The number of aromatic carboxylic acids is 1. The van der Waals surface area contributed by atoms with Crippen LogP contribution in [0.5, 0.6) is 0 Å². The van der Waals surface area contributed by atoms with Gasteiger partial charge >= 0.3 is 0 Å². The van der Waals surface area contributed by atoms with E-state index in [1.807, 2.05) is 0 Å². The van der Waals surface area contributed by atoms with Crippen molar-refractivity contribution in [3.8, 4) is 0 Å². The van der Waals surface area contributed by atoms with Gasteiger partial charge in [0.15, 0.2) is 11.6 Å². The number of rotatable bonds is 4. The van der Waals surface area contributed by atoms with E-state index in [2.05, 4.69) is 4.72 Å². The monoisotopic (exact) mass is 312 g/mol. The highest BCUT2D eigenvalue weighted by molar-refractivity contribution is 7.92. The van der Waals surface area contributed by atoms with Gasteiger partial charge in [0.2, 0.25) is 0 Å². The van der Waals surface area contributed by atoms with Crippen LogP contribution in [0.4, 0.5) is 14.5 Å². The first kappa shape index (κ1) is 14.9. The van der Waals surface area contributed by atoms with Gasteiger partial charge in [-0.2, -0.15) is 0 Å². The van der Waals surface area contributed by atoms with Gasteiger partial charge in [0.25, 0.3) is 10.0 Å². The second-order valence-corrected chi connectivity index (χ2v) is 5.73. The largest absolute Gasteiger partial charge is 0.545 e.